The third-order valence-corrected chi connectivity index (χ3v) is 3.60. The van der Waals surface area contributed by atoms with Crippen LogP contribution in [0, 0.1) is 0 Å². The highest BCUT2D eigenvalue weighted by Gasteiger charge is 2.66. The summed E-state index contributed by atoms with van der Waals surface area (Å²) in [5.74, 6) is 0. The lowest BCUT2D eigenvalue weighted by Crippen LogP contribution is -2.61. The Kier molecular flexibility index (Phi) is 3.43. The molecule has 4 nitrogen and oxygen atoms in total. The van der Waals surface area contributed by atoms with Gasteiger partial charge in [0.15, 0.2) is 5.11 Å². The topological polar surface area (TPSA) is 61.5 Å². The second kappa shape index (κ2) is 4.57. The van der Waals surface area contributed by atoms with Gasteiger partial charge in [-0.05, 0) is 24.7 Å². The largest absolute Gasteiger partial charge is 0.438 e. The first-order chi connectivity index (χ1) is 9.10. The van der Waals surface area contributed by atoms with Gasteiger partial charge in [-0.25, -0.2) is 10.4 Å². The summed E-state index contributed by atoms with van der Waals surface area (Å²) < 4.78 is 39.5. The second-order valence-corrected chi connectivity index (χ2v) is 5.39. The molecule has 0 amide bonds. The number of nitrogens with zero attached hydrogens (tertiary/aromatic N) is 1. The number of hydrogen-bond acceptors (Lipinski definition) is 3. The molecule has 4 N–H and O–H groups in total. The first-order valence-electron chi connectivity index (χ1n) is 5.82. The first-order valence-corrected chi connectivity index (χ1v) is 6.23. The molecular weight excluding hydrogens is 291 g/mol. The molecule has 1 aliphatic rings. The van der Waals surface area contributed by atoms with Gasteiger partial charge in [0, 0.05) is 6.42 Å². The summed E-state index contributed by atoms with van der Waals surface area (Å²) in [6.45, 7) is 1.55. The molecule has 1 aromatic rings. The molecule has 0 unspecified atom stereocenters. The van der Waals surface area contributed by atoms with Crippen LogP contribution in [0.15, 0.2) is 30.3 Å². The summed E-state index contributed by atoms with van der Waals surface area (Å²) in [6, 6.07) is 8.51. The molecule has 0 spiro atoms. The van der Waals surface area contributed by atoms with E-state index in [1.165, 1.54) is 0 Å². The average molecular weight is 305 g/mol. The summed E-state index contributed by atoms with van der Waals surface area (Å²) in [4.78, 5) is 0. The zero-order chi connectivity index (χ0) is 15.2. The Morgan fingerprint density at radius 2 is 1.95 bits per heavy atom. The average Bonchev–Trinajstić information content (AvgIpc) is 2.65. The van der Waals surface area contributed by atoms with Gasteiger partial charge < -0.3 is 10.8 Å². The van der Waals surface area contributed by atoms with E-state index in [4.69, 9.17) is 5.73 Å². The number of hydrogen-bond donors (Lipinski definition) is 3. The maximum Gasteiger partial charge on any atom is 0.438 e. The number of nitrogens with one attached hydrogen (secondary N) is 1. The summed E-state index contributed by atoms with van der Waals surface area (Å²) in [5, 5.41) is 9.87. The molecule has 110 valence electrons. The van der Waals surface area contributed by atoms with Gasteiger partial charge in [0.2, 0.25) is 0 Å². The molecule has 0 bridgehead atoms. The van der Waals surface area contributed by atoms with Crippen molar-refractivity contribution in [3.63, 3.8) is 0 Å². The number of alkyl halides is 3. The van der Waals surface area contributed by atoms with Gasteiger partial charge in [-0.15, -0.1) is 0 Å². The number of thiocarbonyl (C=S) groups is 1. The minimum Gasteiger partial charge on any atom is -0.375 e. The molecule has 1 aromatic carbocycles. The molecule has 1 aliphatic heterocycles. The van der Waals surface area contributed by atoms with Gasteiger partial charge in [-0.2, -0.15) is 13.2 Å². The van der Waals surface area contributed by atoms with Crippen molar-refractivity contribution in [3.8, 4) is 0 Å². The Hall–Kier alpha value is -1.38. The van der Waals surface area contributed by atoms with E-state index in [-0.39, 0.29) is 0 Å². The lowest BCUT2D eigenvalue weighted by atomic mass is 9.86. The van der Waals surface area contributed by atoms with E-state index in [9.17, 15) is 18.3 Å². The predicted molar refractivity (Wildman–Crippen MR) is 71.2 cm³/mol. The molecule has 2 rings (SSSR count). The van der Waals surface area contributed by atoms with Crippen LogP contribution in [0.4, 0.5) is 13.2 Å². The third kappa shape index (κ3) is 2.23. The van der Waals surface area contributed by atoms with Crippen LogP contribution < -0.4 is 11.2 Å². The summed E-state index contributed by atoms with van der Waals surface area (Å²) in [6.07, 6.45) is -5.51. The fourth-order valence-electron chi connectivity index (χ4n) is 2.39. The predicted octanol–water partition coefficient (Wildman–Crippen LogP) is 1.61. The molecule has 1 heterocycles. The highest BCUT2D eigenvalue weighted by molar-refractivity contribution is 7.80. The van der Waals surface area contributed by atoms with Crippen molar-refractivity contribution < 1.29 is 18.3 Å². The van der Waals surface area contributed by atoms with E-state index in [1.54, 1.807) is 37.3 Å². The van der Waals surface area contributed by atoms with Gasteiger partial charge >= 0.3 is 6.18 Å². The number of nitrogens with two attached hydrogens (primary N) is 1. The number of rotatable bonds is 1. The first kappa shape index (κ1) is 15.0. The van der Waals surface area contributed by atoms with E-state index in [0.29, 0.717) is 10.6 Å². The van der Waals surface area contributed by atoms with E-state index >= 15 is 0 Å². The zero-order valence-electron chi connectivity index (χ0n) is 10.6. The van der Waals surface area contributed by atoms with Crippen molar-refractivity contribution in [2.75, 3.05) is 0 Å². The quantitative estimate of drug-likeness (QED) is 0.688. The molecule has 0 saturated carbocycles. The van der Waals surface area contributed by atoms with Gasteiger partial charge in [0.1, 0.15) is 0 Å². The molecule has 20 heavy (non-hydrogen) atoms. The highest BCUT2D eigenvalue weighted by atomic mass is 32.1. The molecule has 0 aromatic heterocycles. The van der Waals surface area contributed by atoms with E-state index in [2.05, 4.69) is 17.6 Å². The van der Waals surface area contributed by atoms with Gasteiger partial charge in [-0.3, -0.25) is 0 Å². The van der Waals surface area contributed by atoms with Crippen molar-refractivity contribution in [3.05, 3.63) is 35.9 Å². The minimum atomic E-state index is -4.89. The molecule has 0 radical (unpaired) electrons. The van der Waals surface area contributed by atoms with E-state index < -0.39 is 29.0 Å². The SMILES string of the molecule is C[C@@]1(c2ccccc2)C[C@@](O)(C(F)(F)F)N(C(N)=S)N1. The van der Waals surface area contributed by atoms with Gasteiger partial charge in [-0.1, -0.05) is 30.3 Å². The maximum atomic E-state index is 13.2. The smallest absolute Gasteiger partial charge is 0.375 e. The Balaban J connectivity index is 2.46. The lowest BCUT2D eigenvalue weighted by Gasteiger charge is -2.34. The molecule has 0 aliphatic carbocycles. The molecule has 2 atom stereocenters. The summed E-state index contributed by atoms with van der Waals surface area (Å²) in [5.41, 5.74) is 4.21. The van der Waals surface area contributed by atoms with Crippen molar-refractivity contribution in [1.82, 2.24) is 10.4 Å². The van der Waals surface area contributed by atoms with Crippen LogP contribution in [0.3, 0.4) is 0 Å². The van der Waals surface area contributed by atoms with Crippen LogP contribution in [0.5, 0.6) is 0 Å². The third-order valence-electron chi connectivity index (χ3n) is 3.41. The Bertz CT molecular complexity index is 524. The maximum absolute atomic E-state index is 13.2. The standard InChI is InChI=1S/C12H14F3N3OS/c1-10(8-5-3-2-4-6-8)7-11(19,12(13,14)15)18(17-10)9(16)20/h2-6,17,19H,7H2,1H3,(H2,16,20)/t10-,11+/m0/s1. The number of benzene rings is 1. The highest BCUT2D eigenvalue weighted by Crippen LogP contribution is 2.46. The van der Waals surface area contributed by atoms with Crippen LogP contribution in [-0.4, -0.2) is 27.1 Å². The Labute approximate surface area is 119 Å². The van der Waals surface area contributed by atoms with Crippen LogP contribution in [0.25, 0.3) is 0 Å². The van der Waals surface area contributed by atoms with Crippen LogP contribution >= 0.6 is 12.2 Å². The molecular formula is C12H14F3N3OS. The second-order valence-electron chi connectivity index (χ2n) is 4.97. The number of hydrazine groups is 1. The molecule has 8 heteroatoms. The van der Waals surface area contributed by atoms with Crippen LogP contribution in [-0.2, 0) is 5.54 Å². The van der Waals surface area contributed by atoms with E-state index in [0.717, 1.165) is 0 Å². The van der Waals surface area contributed by atoms with Crippen LogP contribution in [0.1, 0.15) is 18.9 Å². The van der Waals surface area contributed by atoms with Crippen molar-refractivity contribution >= 4 is 17.3 Å². The summed E-state index contributed by atoms with van der Waals surface area (Å²) >= 11 is 4.61. The number of aliphatic hydroxyl groups is 1. The summed E-state index contributed by atoms with van der Waals surface area (Å²) in [7, 11) is 0. The Morgan fingerprint density at radius 3 is 2.35 bits per heavy atom. The fraction of sp³-hybridized carbons (Fsp3) is 0.417. The van der Waals surface area contributed by atoms with Gasteiger partial charge in [0.05, 0.1) is 5.54 Å². The monoisotopic (exact) mass is 305 g/mol. The lowest BCUT2D eigenvalue weighted by molar-refractivity contribution is -0.296. The molecule has 1 saturated heterocycles. The van der Waals surface area contributed by atoms with Crippen molar-refractivity contribution in [2.45, 2.75) is 30.8 Å². The van der Waals surface area contributed by atoms with E-state index in [1.807, 2.05) is 0 Å². The van der Waals surface area contributed by atoms with Crippen molar-refractivity contribution in [1.29, 1.82) is 0 Å². The van der Waals surface area contributed by atoms with Crippen molar-refractivity contribution in [2.24, 2.45) is 5.73 Å². The normalized spacial score (nSPS) is 30.6. The van der Waals surface area contributed by atoms with Crippen LogP contribution in [0.2, 0.25) is 0 Å². The number of halogens is 3. The minimum absolute atomic E-state index is 0.412. The zero-order valence-corrected chi connectivity index (χ0v) is 11.4. The Morgan fingerprint density at radius 1 is 1.40 bits per heavy atom. The molecule has 1 fully saturated rings. The fourth-order valence-corrected chi connectivity index (χ4v) is 2.58. The van der Waals surface area contributed by atoms with Gasteiger partial charge in [0.25, 0.3) is 5.72 Å².